The lowest BCUT2D eigenvalue weighted by Crippen LogP contribution is -2.39. The molecule has 7 heteroatoms. The third-order valence-corrected chi connectivity index (χ3v) is 6.85. The van der Waals surface area contributed by atoms with Crippen LogP contribution in [0.3, 0.4) is 0 Å². The van der Waals surface area contributed by atoms with E-state index in [2.05, 4.69) is 6.92 Å². The fourth-order valence-corrected chi connectivity index (χ4v) is 5.13. The Morgan fingerprint density at radius 2 is 2.26 bits per heavy atom. The van der Waals surface area contributed by atoms with Crippen molar-refractivity contribution >= 4 is 27.3 Å². The number of nitrogens with zero attached hydrogens (tertiary/aromatic N) is 1. The Kier molecular flexibility index (Phi) is 4.27. The van der Waals surface area contributed by atoms with E-state index in [0.717, 1.165) is 30.6 Å². The van der Waals surface area contributed by atoms with Crippen LogP contribution < -0.4 is 0 Å². The molecule has 2 rings (SSSR count). The van der Waals surface area contributed by atoms with Gasteiger partial charge in [-0.25, -0.2) is 13.2 Å². The van der Waals surface area contributed by atoms with Crippen LogP contribution in [-0.4, -0.2) is 36.9 Å². The number of carboxylic acid groups (broad SMARTS) is 1. The Hall–Kier alpha value is -0.920. The molecule has 0 radical (unpaired) electrons. The molecule has 5 nitrogen and oxygen atoms in total. The quantitative estimate of drug-likeness (QED) is 0.925. The number of carbonyl (C=O) groups is 1. The third kappa shape index (κ3) is 2.98. The van der Waals surface area contributed by atoms with E-state index in [4.69, 9.17) is 5.11 Å². The maximum atomic E-state index is 12.4. The van der Waals surface area contributed by atoms with Gasteiger partial charge in [-0.3, -0.25) is 0 Å². The monoisotopic (exact) mass is 303 g/mol. The van der Waals surface area contributed by atoms with E-state index >= 15 is 0 Å². The van der Waals surface area contributed by atoms with Crippen LogP contribution in [-0.2, 0) is 10.0 Å². The Labute approximate surface area is 116 Å². The zero-order valence-corrected chi connectivity index (χ0v) is 12.3. The Morgan fingerprint density at radius 3 is 2.84 bits per heavy atom. The van der Waals surface area contributed by atoms with E-state index in [0.29, 0.717) is 19.0 Å². The van der Waals surface area contributed by atoms with Crippen molar-refractivity contribution in [2.24, 2.45) is 5.92 Å². The molecule has 2 heterocycles. The molecule has 1 unspecified atom stereocenters. The van der Waals surface area contributed by atoms with E-state index in [1.54, 1.807) is 0 Å². The second-order valence-corrected chi connectivity index (χ2v) is 7.95. The summed E-state index contributed by atoms with van der Waals surface area (Å²) in [5.74, 6) is -0.682. The summed E-state index contributed by atoms with van der Waals surface area (Å²) in [4.78, 5) is 10.9. The molecule has 0 aromatic carbocycles. The number of sulfonamides is 1. The van der Waals surface area contributed by atoms with E-state index in [1.807, 2.05) is 0 Å². The summed E-state index contributed by atoms with van der Waals surface area (Å²) < 4.78 is 26.5. The van der Waals surface area contributed by atoms with E-state index < -0.39 is 16.0 Å². The largest absolute Gasteiger partial charge is 0.477 e. The van der Waals surface area contributed by atoms with E-state index in [1.165, 1.54) is 16.4 Å². The SMILES string of the molecule is CCC1CCCN(S(=O)(=O)c2ccc(C(=O)O)s2)C1. The maximum Gasteiger partial charge on any atom is 0.345 e. The average Bonchev–Trinajstić information content (AvgIpc) is 2.89. The summed E-state index contributed by atoms with van der Waals surface area (Å²) in [5.41, 5.74) is 0. The van der Waals surface area contributed by atoms with Crippen molar-refractivity contribution in [2.45, 2.75) is 30.4 Å². The fourth-order valence-electron chi connectivity index (χ4n) is 2.28. The molecule has 1 aliphatic heterocycles. The summed E-state index contributed by atoms with van der Waals surface area (Å²) in [6.45, 7) is 3.13. The minimum atomic E-state index is -3.53. The average molecular weight is 303 g/mol. The molecule has 0 spiro atoms. The molecule has 0 aliphatic carbocycles. The zero-order chi connectivity index (χ0) is 14.0. The smallest absolute Gasteiger partial charge is 0.345 e. The second kappa shape index (κ2) is 5.60. The van der Waals surface area contributed by atoms with Gasteiger partial charge in [0, 0.05) is 13.1 Å². The van der Waals surface area contributed by atoms with Crippen LogP contribution in [0, 0.1) is 5.92 Å². The predicted molar refractivity (Wildman–Crippen MR) is 73.1 cm³/mol. The molecule has 1 N–H and O–H groups in total. The van der Waals surface area contributed by atoms with Crippen LogP contribution in [0.2, 0.25) is 0 Å². The van der Waals surface area contributed by atoms with Crippen LogP contribution in [0.25, 0.3) is 0 Å². The van der Waals surface area contributed by atoms with Gasteiger partial charge in [-0.1, -0.05) is 13.3 Å². The normalized spacial score (nSPS) is 21.4. The van der Waals surface area contributed by atoms with E-state index in [9.17, 15) is 13.2 Å². The Balaban J connectivity index is 2.23. The lowest BCUT2D eigenvalue weighted by Gasteiger charge is -2.30. The minimum Gasteiger partial charge on any atom is -0.477 e. The van der Waals surface area contributed by atoms with Crippen molar-refractivity contribution in [1.82, 2.24) is 4.31 Å². The van der Waals surface area contributed by atoms with Gasteiger partial charge in [0.2, 0.25) is 0 Å². The highest BCUT2D eigenvalue weighted by Gasteiger charge is 2.31. The molecule has 106 valence electrons. The number of aromatic carboxylic acids is 1. The van der Waals surface area contributed by atoms with Crippen molar-refractivity contribution < 1.29 is 18.3 Å². The molecule has 1 atom stereocenters. The van der Waals surface area contributed by atoms with Gasteiger partial charge in [0.05, 0.1) is 0 Å². The molecule has 1 aromatic heterocycles. The molecule has 0 saturated carbocycles. The topological polar surface area (TPSA) is 74.7 Å². The van der Waals surface area contributed by atoms with Crippen molar-refractivity contribution in [3.05, 3.63) is 17.0 Å². The summed E-state index contributed by atoms with van der Waals surface area (Å²) in [7, 11) is -3.53. The van der Waals surface area contributed by atoms with Crippen LogP contribution in [0.1, 0.15) is 35.9 Å². The number of carboxylic acids is 1. The maximum absolute atomic E-state index is 12.4. The van der Waals surface area contributed by atoms with Crippen molar-refractivity contribution in [1.29, 1.82) is 0 Å². The van der Waals surface area contributed by atoms with Crippen LogP contribution in [0.15, 0.2) is 16.3 Å². The molecule has 1 fully saturated rings. The lowest BCUT2D eigenvalue weighted by molar-refractivity contribution is 0.0702. The molecule has 0 bridgehead atoms. The van der Waals surface area contributed by atoms with Crippen molar-refractivity contribution in [3.8, 4) is 0 Å². The lowest BCUT2D eigenvalue weighted by atomic mass is 9.97. The number of thiophene rings is 1. The standard InChI is InChI=1S/C12H17NO4S2/c1-2-9-4-3-7-13(8-9)19(16,17)11-6-5-10(18-11)12(14)15/h5-6,9H,2-4,7-8H2,1H3,(H,14,15). The molecule has 19 heavy (non-hydrogen) atoms. The number of rotatable bonds is 4. The van der Waals surface area contributed by atoms with E-state index in [-0.39, 0.29) is 9.09 Å². The van der Waals surface area contributed by atoms with Crippen molar-refractivity contribution in [2.75, 3.05) is 13.1 Å². The summed E-state index contributed by atoms with van der Waals surface area (Å²) in [6, 6.07) is 2.74. The van der Waals surface area contributed by atoms with Gasteiger partial charge in [0.25, 0.3) is 10.0 Å². The molecule has 1 aliphatic rings. The molecular weight excluding hydrogens is 286 g/mol. The van der Waals surface area contributed by atoms with Gasteiger partial charge in [-0.2, -0.15) is 4.31 Å². The van der Waals surface area contributed by atoms with Crippen LogP contribution in [0.5, 0.6) is 0 Å². The zero-order valence-electron chi connectivity index (χ0n) is 10.7. The van der Waals surface area contributed by atoms with Gasteiger partial charge in [0.15, 0.2) is 0 Å². The summed E-state index contributed by atoms with van der Waals surface area (Å²) in [6.07, 6.45) is 2.90. The Morgan fingerprint density at radius 1 is 1.53 bits per heavy atom. The molecule has 1 saturated heterocycles. The first-order chi connectivity index (χ1) is 8.95. The van der Waals surface area contributed by atoms with Crippen molar-refractivity contribution in [3.63, 3.8) is 0 Å². The number of piperidine rings is 1. The van der Waals surface area contributed by atoms with Gasteiger partial charge in [-0.15, -0.1) is 11.3 Å². The van der Waals surface area contributed by atoms with Gasteiger partial charge < -0.3 is 5.11 Å². The molecule has 1 aromatic rings. The summed E-state index contributed by atoms with van der Waals surface area (Å²) in [5, 5.41) is 8.86. The second-order valence-electron chi connectivity index (χ2n) is 4.70. The minimum absolute atomic E-state index is 0.0580. The number of hydrogen-bond acceptors (Lipinski definition) is 4. The Bertz CT molecular complexity index is 564. The first-order valence-electron chi connectivity index (χ1n) is 6.28. The fraction of sp³-hybridized carbons (Fsp3) is 0.583. The first-order valence-corrected chi connectivity index (χ1v) is 8.54. The summed E-state index contributed by atoms with van der Waals surface area (Å²) >= 11 is 0.821. The highest BCUT2D eigenvalue weighted by molar-refractivity contribution is 7.91. The molecule has 0 amide bonds. The first kappa shape index (κ1) is 14.5. The van der Waals surface area contributed by atoms with Gasteiger partial charge in [0.1, 0.15) is 9.09 Å². The number of hydrogen-bond donors (Lipinski definition) is 1. The van der Waals surface area contributed by atoms with Gasteiger partial charge in [-0.05, 0) is 30.9 Å². The molecular formula is C12H17NO4S2. The highest BCUT2D eigenvalue weighted by Crippen LogP contribution is 2.29. The predicted octanol–water partition coefficient (Wildman–Crippen LogP) is 2.26. The van der Waals surface area contributed by atoms with Crippen LogP contribution in [0.4, 0.5) is 0 Å². The van der Waals surface area contributed by atoms with Gasteiger partial charge >= 0.3 is 5.97 Å². The van der Waals surface area contributed by atoms with Crippen LogP contribution >= 0.6 is 11.3 Å². The third-order valence-electron chi connectivity index (χ3n) is 3.45. The highest BCUT2D eigenvalue weighted by atomic mass is 32.2.